The lowest BCUT2D eigenvalue weighted by Gasteiger charge is -2.02. The van der Waals surface area contributed by atoms with Gasteiger partial charge in [-0.2, -0.15) is 0 Å². The number of hydrogen-bond acceptors (Lipinski definition) is 4. The summed E-state index contributed by atoms with van der Waals surface area (Å²) in [5.41, 5.74) is 0. The van der Waals surface area contributed by atoms with Crippen LogP contribution >= 0.6 is 0 Å². The van der Waals surface area contributed by atoms with Gasteiger partial charge < -0.3 is 4.79 Å². The van der Waals surface area contributed by atoms with Crippen molar-refractivity contribution in [3.63, 3.8) is 0 Å². The topological polar surface area (TPSA) is 68.3 Å². The van der Waals surface area contributed by atoms with Gasteiger partial charge in [0.2, 0.25) is 0 Å². The molecule has 120 valence electrons. The number of hydrogen-bond donors (Lipinski definition) is 0. The molecule has 0 aliphatic carbocycles. The molecule has 0 rings (SSSR count). The molecule has 0 aromatic rings. The summed E-state index contributed by atoms with van der Waals surface area (Å²) in [5, 5.41) is 0. The summed E-state index contributed by atoms with van der Waals surface area (Å²) in [5.74, 6) is 0.597. The van der Waals surface area contributed by atoms with Crippen molar-refractivity contribution in [3.8, 4) is 0 Å². The fraction of sp³-hybridized carbons (Fsp3) is 0.765. The van der Waals surface area contributed by atoms with Crippen LogP contribution < -0.4 is 0 Å². The van der Waals surface area contributed by atoms with Crippen LogP contribution in [0.1, 0.15) is 84.5 Å². The number of carbonyl (C=O) groups is 4. The van der Waals surface area contributed by atoms with Gasteiger partial charge in [-0.1, -0.05) is 6.92 Å². The molecule has 0 aromatic carbocycles. The molecular weight excluding hydrogens is 268 g/mol. The van der Waals surface area contributed by atoms with Crippen LogP contribution in [0.3, 0.4) is 0 Å². The Bertz CT molecular complexity index is 358. The lowest BCUT2D eigenvalue weighted by molar-refractivity contribution is -0.120. The summed E-state index contributed by atoms with van der Waals surface area (Å²) in [4.78, 5) is 45.1. The van der Waals surface area contributed by atoms with E-state index in [-0.39, 0.29) is 23.1 Å². The minimum absolute atomic E-state index is 0.107. The van der Waals surface area contributed by atoms with E-state index in [1.807, 2.05) is 6.92 Å². The predicted octanol–water partition coefficient (Wildman–Crippen LogP) is 3.59. The molecule has 0 saturated heterocycles. The van der Waals surface area contributed by atoms with Gasteiger partial charge in [-0.25, -0.2) is 0 Å². The van der Waals surface area contributed by atoms with Crippen molar-refractivity contribution in [2.75, 3.05) is 0 Å². The molecule has 0 bridgehead atoms. The third-order valence-corrected chi connectivity index (χ3v) is 3.34. The highest BCUT2D eigenvalue weighted by Crippen LogP contribution is 2.08. The summed E-state index contributed by atoms with van der Waals surface area (Å²) in [6.45, 7) is 3.49. The van der Waals surface area contributed by atoms with Crippen LogP contribution in [0.15, 0.2) is 0 Å². The molecule has 0 spiro atoms. The molecule has 0 N–H and O–H groups in total. The van der Waals surface area contributed by atoms with E-state index in [9.17, 15) is 19.2 Å². The normalized spacial score (nSPS) is 10.4. The first kappa shape index (κ1) is 19.7. The van der Waals surface area contributed by atoms with Gasteiger partial charge in [0, 0.05) is 44.9 Å². The molecule has 0 aliphatic rings. The van der Waals surface area contributed by atoms with Crippen molar-refractivity contribution < 1.29 is 19.2 Å². The zero-order valence-corrected chi connectivity index (χ0v) is 13.4. The summed E-state index contributed by atoms with van der Waals surface area (Å²) in [6.07, 6.45) is 5.93. The third-order valence-electron chi connectivity index (χ3n) is 3.34. The minimum Gasteiger partial charge on any atom is -0.300 e. The maximum absolute atomic E-state index is 11.6. The van der Waals surface area contributed by atoms with Crippen LogP contribution in [0.4, 0.5) is 0 Å². The Kier molecular flexibility index (Phi) is 11.6. The van der Waals surface area contributed by atoms with Crippen LogP contribution in [0, 0.1) is 0 Å². The van der Waals surface area contributed by atoms with Crippen LogP contribution in [0.2, 0.25) is 0 Å². The molecule has 0 radical (unpaired) electrons. The highest BCUT2D eigenvalue weighted by atomic mass is 16.1. The number of rotatable bonds is 14. The SMILES string of the molecule is CCCC(=O)CCCC(=O)CCCC(=O)CCCC(C)=O. The molecule has 0 atom stereocenters. The van der Waals surface area contributed by atoms with E-state index in [0.717, 1.165) is 6.42 Å². The van der Waals surface area contributed by atoms with E-state index in [1.165, 1.54) is 6.92 Å². The number of carbonyl (C=O) groups excluding carboxylic acids is 4. The highest BCUT2D eigenvalue weighted by molar-refractivity contribution is 5.82. The zero-order chi connectivity index (χ0) is 16.1. The van der Waals surface area contributed by atoms with Crippen molar-refractivity contribution in [2.24, 2.45) is 0 Å². The average Bonchev–Trinajstić information content (AvgIpc) is 2.38. The molecule has 0 heterocycles. The summed E-state index contributed by atoms with van der Waals surface area (Å²) in [6, 6.07) is 0. The van der Waals surface area contributed by atoms with E-state index in [0.29, 0.717) is 64.2 Å². The van der Waals surface area contributed by atoms with Crippen LogP contribution in [0.5, 0.6) is 0 Å². The van der Waals surface area contributed by atoms with Gasteiger partial charge >= 0.3 is 0 Å². The lowest BCUT2D eigenvalue weighted by Crippen LogP contribution is -2.04. The Morgan fingerprint density at radius 3 is 1.24 bits per heavy atom. The number of ketones is 4. The van der Waals surface area contributed by atoms with Gasteiger partial charge in [0.15, 0.2) is 0 Å². The van der Waals surface area contributed by atoms with Crippen LogP contribution in [-0.4, -0.2) is 23.1 Å². The molecule has 4 nitrogen and oxygen atoms in total. The van der Waals surface area contributed by atoms with E-state index >= 15 is 0 Å². The zero-order valence-electron chi connectivity index (χ0n) is 13.4. The second-order valence-corrected chi connectivity index (χ2v) is 5.63. The standard InChI is InChI=1S/C17H28O4/c1-3-7-15(19)10-5-11-17(21)13-6-12-16(20)9-4-8-14(2)18/h3-13H2,1-2H3. The van der Waals surface area contributed by atoms with Crippen LogP contribution in [-0.2, 0) is 19.2 Å². The van der Waals surface area contributed by atoms with E-state index in [1.54, 1.807) is 0 Å². The van der Waals surface area contributed by atoms with E-state index < -0.39 is 0 Å². The minimum atomic E-state index is 0.107. The molecule has 0 unspecified atom stereocenters. The van der Waals surface area contributed by atoms with E-state index in [2.05, 4.69) is 0 Å². The van der Waals surface area contributed by atoms with Gasteiger partial charge in [-0.15, -0.1) is 0 Å². The largest absolute Gasteiger partial charge is 0.300 e. The second kappa shape index (κ2) is 12.4. The highest BCUT2D eigenvalue weighted by Gasteiger charge is 2.07. The van der Waals surface area contributed by atoms with Gasteiger partial charge in [0.05, 0.1) is 0 Å². The van der Waals surface area contributed by atoms with Crippen LogP contribution in [0.25, 0.3) is 0 Å². The fourth-order valence-corrected chi connectivity index (χ4v) is 2.15. The smallest absolute Gasteiger partial charge is 0.132 e. The molecule has 0 amide bonds. The molecular formula is C17H28O4. The van der Waals surface area contributed by atoms with Gasteiger partial charge in [0.25, 0.3) is 0 Å². The van der Waals surface area contributed by atoms with Crippen molar-refractivity contribution in [1.29, 1.82) is 0 Å². The summed E-state index contributed by atoms with van der Waals surface area (Å²) in [7, 11) is 0. The van der Waals surface area contributed by atoms with E-state index in [4.69, 9.17) is 0 Å². The molecule has 4 heteroatoms. The first-order valence-corrected chi connectivity index (χ1v) is 8.00. The first-order valence-electron chi connectivity index (χ1n) is 8.00. The van der Waals surface area contributed by atoms with Crippen molar-refractivity contribution in [3.05, 3.63) is 0 Å². The molecule has 0 saturated carbocycles. The fourth-order valence-electron chi connectivity index (χ4n) is 2.15. The second-order valence-electron chi connectivity index (χ2n) is 5.63. The van der Waals surface area contributed by atoms with Crippen molar-refractivity contribution in [2.45, 2.75) is 84.5 Å². The van der Waals surface area contributed by atoms with Crippen molar-refractivity contribution in [1.82, 2.24) is 0 Å². The van der Waals surface area contributed by atoms with Crippen molar-refractivity contribution >= 4 is 23.1 Å². The molecule has 0 aliphatic heterocycles. The Morgan fingerprint density at radius 1 is 0.571 bits per heavy atom. The lowest BCUT2D eigenvalue weighted by atomic mass is 10.0. The summed E-state index contributed by atoms with van der Waals surface area (Å²) >= 11 is 0. The maximum Gasteiger partial charge on any atom is 0.132 e. The Balaban J connectivity index is 3.54. The predicted molar refractivity (Wildman–Crippen MR) is 82.2 cm³/mol. The summed E-state index contributed by atoms with van der Waals surface area (Å²) < 4.78 is 0. The number of Topliss-reactive ketones (excluding diaryl/α,β-unsaturated/α-hetero) is 4. The molecule has 0 fully saturated rings. The van der Waals surface area contributed by atoms with Gasteiger partial charge in [-0.3, -0.25) is 14.4 Å². The monoisotopic (exact) mass is 296 g/mol. The Morgan fingerprint density at radius 2 is 0.905 bits per heavy atom. The first-order chi connectivity index (χ1) is 9.95. The Labute approximate surface area is 127 Å². The third kappa shape index (κ3) is 13.4. The maximum atomic E-state index is 11.6. The van der Waals surface area contributed by atoms with Gasteiger partial charge in [0.1, 0.15) is 23.1 Å². The van der Waals surface area contributed by atoms with Gasteiger partial charge in [-0.05, 0) is 32.6 Å². The molecule has 0 aromatic heterocycles. The Hall–Kier alpha value is -1.32. The molecule has 21 heavy (non-hydrogen) atoms. The average molecular weight is 296 g/mol. The quantitative estimate of drug-likeness (QED) is 0.491.